The number of carbonyl (C=O) groups excluding carboxylic acids is 2. The Morgan fingerprint density at radius 2 is 1.84 bits per heavy atom. The quantitative estimate of drug-likeness (QED) is 0.369. The minimum atomic E-state index is -1.64. The van der Waals surface area contributed by atoms with Gasteiger partial charge in [-0.25, -0.2) is 9.37 Å². The summed E-state index contributed by atoms with van der Waals surface area (Å²) in [4.78, 5) is 38.2. The molecule has 37 heavy (non-hydrogen) atoms. The number of carbonyl (C=O) groups is 2. The first kappa shape index (κ1) is 24.3. The average Bonchev–Trinajstić information content (AvgIpc) is 3.25. The van der Waals surface area contributed by atoms with E-state index in [1.165, 1.54) is 37.4 Å². The molecule has 10 heteroatoms. The average molecular weight is 502 g/mol. The minimum Gasteiger partial charge on any atom is -0.489 e. The molecule has 2 atom stereocenters. The van der Waals surface area contributed by atoms with Crippen molar-refractivity contribution in [3.05, 3.63) is 83.6 Å². The molecule has 2 aromatic carbocycles. The van der Waals surface area contributed by atoms with E-state index >= 15 is 0 Å². The van der Waals surface area contributed by atoms with Gasteiger partial charge in [0.05, 0.1) is 23.3 Å². The molecule has 0 spiro atoms. The van der Waals surface area contributed by atoms with E-state index in [4.69, 9.17) is 10.5 Å². The Morgan fingerprint density at radius 3 is 2.54 bits per heavy atom. The third kappa shape index (κ3) is 4.36. The molecule has 0 saturated carbocycles. The lowest BCUT2D eigenvalue weighted by Gasteiger charge is -2.26. The van der Waals surface area contributed by atoms with Crippen molar-refractivity contribution in [2.45, 2.75) is 24.9 Å². The molecule has 188 valence electrons. The number of benzene rings is 2. The molecule has 0 aliphatic carbocycles. The Balaban J connectivity index is 1.49. The van der Waals surface area contributed by atoms with E-state index in [0.717, 1.165) is 0 Å². The van der Waals surface area contributed by atoms with Gasteiger partial charge in [0.1, 0.15) is 34.9 Å². The number of halogens is 1. The van der Waals surface area contributed by atoms with Crippen molar-refractivity contribution in [3.63, 3.8) is 0 Å². The van der Waals surface area contributed by atoms with Crippen LogP contribution in [0.1, 0.15) is 35.5 Å². The number of hydrogen-bond donors (Lipinski definition) is 3. The van der Waals surface area contributed by atoms with Gasteiger partial charge in [-0.05, 0) is 62.4 Å². The number of rotatable bonds is 6. The Morgan fingerprint density at radius 1 is 1.14 bits per heavy atom. The molecule has 0 saturated heterocycles. The second-order valence-corrected chi connectivity index (χ2v) is 9.44. The molecule has 0 unspecified atom stereocenters. The normalized spacial score (nSPS) is 18.1. The van der Waals surface area contributed by atoms with Crippen LogP contribution in [0.3, 0.4) is 0 Å². The molecule has 9 nitrogen and oxygen atoms in total. The van der Waals surface area contributed by atoms with Crippen LogP contribution >= 0.6 is 0 Å². The Kier molecular flexibility index (Phi) is 5.83. The summed E-state index contributed by atoms with van der Waals surface area (Å²) in [5, 5.41) is 14.1. The molecule has 1 aliphatic heterocycles. The van der Waals surface area contributed by atoms with Gasteiger partial charge in [0.2, 0.25) is 5.91 Å². The first-order valence-corrected chi connectivity index (χ1v) is 11.5. The highest BCUT2D eigenvalue weighted by molar-refractivity contribution is 5.97. The predicted molar refractivity (Wildman–Crippen MR) is 133 cm³/mol. The molecule has 2 amide bonds. The highest BCUT2D eigenvalue weighted by Gasteiger charge is 2.45. The monoisotopic (exact) mass is 501 g/mol. The highest BCUT2D eigenvalue weighted by Crippen LogP contribution is 2.45. The number of nitrogens with two attached hydrogens (primary N) is 1. The van der Waals surface area contributed by atoms with Crippen molar-refractivity contribution >= 4 is 22.8 Å². The molecule has 4 aromatic rings. The van der Waals surface area contributed by atoms with Crippen molar-refractivity contribution in [1.29, 1.82) is 0 Å². The Bertz CT molecular complexity index is 1540. The van der Waals surface area contributed by atoms with Crippen LogP contribution in [0, 0.1) is 5.82 Å². The third-order valence-electron chi connectivity index (χ3n) is 6.61. The first-order chi connectivity index (χ1) is 17.6. The lowest BCUT2D eigenvalue weighted by Crippen LogP contribution is -2.41. The summed E-state index contributed by atoms with van der Waals surface area (Å²) in [5.74, 6) is -1.10. The van der Waals surface area contributed by atoms with E-state index < -0.39 is 28.6 Å². The van der Waals surface area contributed by atoms with Gasteiger partial charge in [0.25, 0.3) is 5.91 Å². The number of primary amides is 1. The van der Waals surface area contributed by atoms with E-state index in [9.17, 15) is 19.1 Å². The van der Waals surface area contributed by atoms with Gasteiger partial charge >= 0.3 is 0 Å². The number of aromatic nitrogens is 3. The third-order valence-corrected chi connectivity index (χ3v) is 6.61. The van der Waals surface area contributed by atoms with Gasteiger partial charge in [-0.2, -0.15) is 0 Å². The van der Waals surface area contributed by atoms with Crippen LogP contribution in [0.5, 0.6) is 5.75 Å². The fraction of sp³-hybridized carbons (Fsp3) is 0.222. The zero-order valence-corrected chi connectivity index (χ0v) is 20.2. The van der Waals surface area contributed by atoms with Crippen LogP contribution in [0.15, 0.2) is 60.9 Å². The predicted octanol–water partition coefficient (Wildman–Crippen LogP) is 2.60. The van der Waals surface area contributed by atoms with Gasteiger partial charge < -0.3 is 20.9 Å². The molecule has 3 heterocycles. The molecule has 0 radical (unpaired) electrons. The molecule has 1 aliphatic rings. The molecule has 4 N–H and O–H groups in total. The van der Waals surface area contributed by atoms with Crippen LogP contribution in [0.2, 0.25) is 0 Å². The van der Waals surface area contributed by atoms with E-state index in [1.807, 2.05) is 0 Å². The first-order valence-electron chi connectivity index (χ1n) is 11.5. The summed E-state index contributed by atoms with van der Waals surface area (Å²) in [6.45, 7) is 2.96. The van der Waals surface area contributed by atoms with E-state index in [2.05, 4.69) is 20.3 Å². The van der Waals surface area contributed by atoms with Crippen molar-refractivity contribution in [2.75, 3.05) is 13.2 Å². The lowest BCUT2D eigenvalue weighted by atomic mass is 9.82. The van der Waals surface area contributed by atoms with Gasteiger partial charge in [-0.15, -0.1) is 0 Å². The summed E-state index contributed by atoms with van der Waals surface area (Å²) in [6, 6.07) is 12.1. The van der Waals surface area contributed by atoms with Crippen molar-refractivity contribution in [2.24, 2.45) is 5.73 Å². The summed E-state index contributed by atoms with van der Waals surface area (Å²) in [5.41, 5.74) is 5.99. The number of nitrogens with zero attached hydrogens (tertiary/aromatic N) is 3. The smallest absolute Gasteiger partial charge is 0.251 e. The van der Waals surface area contributed by atoms with E-state index in [-0.39, 0.29) is 18.8 Å². The van der Waals surface area contributed by atoms with Crippen LogP contribution in [0.25, 0.3) is 22.3 Å². The summed E-state index contributed by atoms with van der Waals surface area (Å²) >= 11 is 0. The second kappa shape index (κ2) is 8.90. The number of ether oxygens (including phenoxy) is 1. The number of nitrogens with one attached hydrogen (secondary N) is 1. The molecule has 0 bridgehead atoms. The fourth-order valence-electron chi connectivity index (χ4n) is 4.22. The largest absolute Gasteiger partial charge is 0.489 e. The van der Waals surface area contributed by atoms with E-state index in [0.29, 0.717) is 39.2 Å². The van der Waals surface area contributed by atoms with Crippen LogP contribution in [-0.4, -0.2) is 45.0 Å². The molecule has 5 rings (SSSR count). The highest BCUT2D eigenvalue weighted by atomic mass is 19.1. The summed E-state index contributed by atoms with van der Waals surface area (Å²) < 4.78 is 19.4. The number of fused-ring (bicyclic) bond motifs is 2. The maximum absolute atomic E-state index is 13.6. The van der Waals surface area contributed by atoms with Gasteiger partial charge in [0.15, 0.2) is 0 Å². The zero-order chi connectivity index (χ0) is 26.4. The van der Waals surface area contributed by atoms with Gasteiger partial charge in [-0.3, -0.25) is 19.6 Å². The topological polar surface area (TPSA) is 140 Å². The van der Waals surface area contributed by atoms with Crippen LogP contribution < -0.4 is 15.8 Å². The minimum absolute atomic E-state index is 0.000724. The van der Waals surface area contributed by atoms with E-state index in [1.54, 1.807) is 37.4 Å². The van der Waals surface area contributed by atoms with Crippen molar-refractivity contribution in [3.8, 4) is 17.0 Å². The number of amides is 2. The molecule has 0 fully saturated rings. The number of pyridine rings is 1. The van der Waals surface area contributed by atoms with Crippen LogP contribution in [-0.2, 0) is 15.8 Å². The summed E-state index contributed by atoms with van der Waals surface area (Å²) in [6.07, 6.45) is 3.11. The lowest BCUT2D eigenvalue weighted by molar-refractivity contribution is -0.123. The maximum atomic E-state index is 13.6. The standard InChI is InChI=1S/C27H24FN5O4/c1-26(25(29)35)14-37-23-18(26)12-21(33-22(23)15-3-6-17(28)7-4-15)27(2,36)13-32-24(34)16-5-8-19-20(11-16)31-10-9-30-19/h3-12,36H,13-14H2,1-2H3,(H2,29,35)(H,32,34)/t26-,27-/m0/s1. The van der Waals surface area contributed by atoms with Crippen molar-refractivity contribution in [1.82, 2.24) is 20.3 Å². The fourth-order valence-corrected chi connectivity index (χ4v) is 4.22. The molecular weight excluding hydrogens is 477 g/mol. The molecular formula is C27H24FN5O4. The number of aliphatic hydroxyl groups is 1. The van der Waals surface area contributed by atoms with Gasteiger partial charge in [0, 0.05) is 29.1 Å². The second-order valence-electron chi connectivity index (χ2n) is 9.44. The Labute approximate surface area is 211 Å². The van der Waals surface area contributed by atoms with Gasteiger partial charge in [-0.1, -0.05) is 0 Å². The SMILES string of the molecule is C[C@](O)(CNC(=O)c1ccc2nccnc2c1)c1cc2c(c(-c3ccc(F)cc3)n1)OC[C@]2(C)C(N)=O. The Hall–Kier alpha value is -4.44. The molecule has 2 aromatic heterocycles. The number of hydrogen-bond acceptors (Lipinski definition) is 7. The zero-order valence-electron chi connectivity index (χ0n) is 20.2. The van der Waals surface area contributed by atoms with Crippen molar-refractivity contribution < 1.29 is 23.8 Å². The van der Waals surface area contributed by atoms with Crippen LogP contribution in [0.4, 0.5) is 4.39 Å². The maximum Gasteiger partial charge on any atom is 0.251 e. The summed E-state index contributed by atoms with van der Waals surface area (Å²) in [7, 11) is 0.